The van der Waals surface area contributed by atoms with Crippen LogP contribution in [-0.2, 0) is 10.8 Å². The van der Waals surface area contributed by atoms with Crippen molar-refractivity contribution in [1.29, 1.82) is 0 Å². The summed E-state index contributed by atoms with van der Waals surface area (Å²) in [4.78, 5) is 3.11. The van der Waals surface area contributed by atoms with Crippen LogP contribution in [0.25, 0.3) is 33.4 Å². The number of hydrogen-bond donors (Lipinski definition) is 2. The molecule has 0 aliphatic rings. The average molecular weight is 647 g/mol. The summed E-state index contributed by atoms with van der Waals surface area (Å²) in [6, 6.07) is 23.7. The van der Waals surface area contributed by atoms with Gasteiger partial charge >= 0.3 is 0 Å². The van der Waals surface area contributed by atoms with Gasteiger partial charge < -0.3 is 10.2 Å². The molecular weight excluding hydrogens is 596 g/mol. The van der Waals surface area contributed by atoms with Gasteiger partial charge in [0.15, 0.2) is 0 Å². The van der Waals surface area contributed by atoms with E-state index in [1.54, 1.807) is 9.59 Å². The molecule has 0 saturated heterocycles. The van der Waals surface area contributed by atoms with Crippen LogP contribution in [0, 0.1) is 0 Å². The van der Waals surface area contributed by atoms with Gasteiger partial charge in [0.1, 0.15) is 44.9 Å². The zero-order valence-corrected chi connectivity index (χ0v) is 30.1. The summed E-state index contributed by atoms with van der Waals surface area (Å²) in [7, 11) is 0. The van der Waals surface area contributed by atoms with Gasteiger partial charge in [0.05, 0.1) is 0 Å². The van der Waals surface area contributed by atoms with E-state index in [1.165, 1.54) is 11.1 Å². The Labute approximate surface area is 284 Å². The highest BCUT2D eigenvalue weighted by molar-refractivity contribution is 5.74. The Kier molecular flexibility index (Phi) is 9.67. The summed E-state index contributed by atoms with van der Waals surface area (Å²) in [6.07, 6.45) is 1.93. The van der Waals surface area contributed by atoms with Gasteiger partial charge in [-0.15, -0.1) is 30.0 Å². The molecule has 0 fully saturated rings. The number of benzene rings is 4. The maximum atomic E-state index is 10.9. The lowest BCUT2D eigenvalue weighted by Gasteiger charge is -2.23. The first-order valence-electron chi connectivity index (χ1n) is 17.0. The Hall–Kier alpha value is -4.72. The number of phenols is 2. The van der Waals surface area contributed by atoms with E-state index < -0.39 is 0 Å². The van der Waals surface area contributed by atoms with Crippen LogP contribution in [0.2, 0.25) is 0 Å². The molecule has 0 aliphatic heterocycles. The smallest absolute Gasteiger partial charge is 0.146 e. The number of phenolic OH excluding ortho intramolecular Hbond substituents is 2. The van der Waals surface area contributed by atoms with E-state index in [-0.39, 0.29) is 34.2 Å². The molecule has 0 amide bonds. The fourth-order valence-corrected chi connectivity index (χ4v) is 5.58. The number of rotatable bonds is 6. The van der Waals surface area contributed by atoms with Gasteiger partial charge in [0.25, 0.3) is 0 Å². The van der Waals surface area contributed by atoms with Crippen LogP contribution in [0.4, 0.5) is 0 Å². The molecule has 6 rings (SSSR count). The SMILES string of the molecule is CCC(C)c1cc(C(C)(C)C)cc(-n2nc3ccccc3n2)c1O.CCC(C)c1cc(C(C)(C)C)cc(-n2nc3ccccc3n2)c1O. The van der Waals surface area contributed by atoms with Crippen LogP contribution in [0.15, 0.2) is 72.8 Å². The van der Waals surface area contributed by atoms with E-state index in [1.807, 2.05) is 60.7 Å². The molecular formula is C40H50N6O2. The molecule has 252 valence electrons. The molecule has 8 nitrogen and oxygen atoms in total. The summed E-state index contributed by atoms with van der Waals surface area (Å²) in [5.74, 6) is 1.10. The minimum Gasteiger partial charge on any atom is -0.505 e. The average Bonchev–Trinajstić information content (AvgIpc) is 3.68. The summed E-state index contributed by atoms with van der Waals surface area (Å²) >= 11 is 0. The third kappa shape index (κ3) is 7.08. The van der Waals surface area contributed by atoms with E-state index in [0.29, 0.717) is 11.4 Å². The Bertz CT molecular complexity index is 1830. The van der Waals surface area contributed by atoms with E-state index in [9.17, 15) is 10.2 Å². The number of aromatic nitrogens is 6. The molecule has 0 radical (unpaired) electrons. The maximum Gasteiger partial charge on any atom is 0.146 e. The van der Waals surface area contributed by atoms with Gasteiger partial charge in [-0.25, -0.2) is 0 Å². The molecule has 0 aliphatic carbocycles. The van der Waals surface area contributed by atoms with Crippen molar-refractivity contribution in [3.8, 4) is 22.9 Å². The highest BCUT2D eigenvalue weighted by atomic mass is 16.3. The summed E-state index contributed by atoms with van der Waals surface area (Å²) in [6.45, 7) is 21.6. The van der Waals surface area contributed by atoms with Crippen LogP contribution in [0.1, 0.15) is 116 Å². The molecule has 2 unspecified atom stereocenters. The fourth-order valence-electron chi connectivity index (χ4n) is 5.58. The monoisotopic (exact) mass is 646 g/mol. The van der Waals surface area contributed by atoms with Crippen LogP contribution in [0.5, 0.6) is 11.5 Å². The highest BCUT2D eigenvalue weighted by Gasteiger charge is 2.24. The molecule has 2 heterocycles. The second kappa shape index (κ2) is 13.4. The van der Waals surface area contributed by atoms with E-state index in [4.69, 9.17) is 0 Å². The third-order valence-corrected chi connectivity index (χ3v) is 9.26. The van der Waals surface area contributed by atoms with E-state index in [0.717, 1.165) is 46.0 Å². The Morgan fingerprint density at radius 1 is 0.542 bits per heavy atom. The molecule has 2 aromatic heterocycles. The Morgan fingerprint density at radius 3 is 1.08 bits per heavy atom. The van der Waals surface area contributed by atoms with Gasteiger partial charge in [-0.05, 0) is 94.2 Å². The van der Waals surface area contributed by atoms with Crippen LogP contribution >= 0.6 is 0 Å². The lowest BCUT2D eigenvalue weighted by molar-refractivity contribution is 0.452. The minimum atomic E-state index is -0.0166. The lowest BCUT2D eigenvalue weighted by Crippen LogP contribution is -2.14. The quantitative estimate of drug-likeness (QED) is 0.187. The molecule has 0 saturated carbocycles. The topological polar surface area (TPSA) is 102 Å². The van der Waals surface area contributed by atoms with Gasteiger partial charge in [-0.2, -0.15) is 0 Å². The van der Waals surface area contributed by atoms with Gasteiger partial charge in [0, 0.05) is 0 Å². The zero-order valence-electron chi connectivity index (χ0n) is 30.1. The Morgan fingerprint density at radius 2 is 0.833 bits per heavy atom. The normalized spacial score (nSPS) is 13.4. The van der Waals surface area contributed by atoms with Gasteiger partial charge in [-0.1, -0.05) is 106 Å². The van der Waals surface area contributed by atoms with Crippen molar-refractivity contribution in [2.24, 2.45) is 0 Å². The first-order valence-corrected chi connectivity index (χ1v) is 17.0. The summed E-state index contributed by atoms with van der Waals surface area (Å²) in [5, 5.41) is 39.9. The first-order chi connectivity index (χ1) is 22.6. The van der Waals surface area contributed by atoms with Crippen molar-refractivity contribution < 1.29 is 10.2 Å². The summed E-state index contributed by atoms with van der Waals surface area (Å²) < 4.78 is 0. The van der Waals surface area contributed by atoms with Crippen LogP contribution < -0.4 is 0 Å². The molecule has 4 aromatic carbocycles. The predicted octanol–water partition coefficient (Wildman–Crippen LogP) is 9.87. The fraction of sp³-hybridized carbons (Fsp3) is 0.400. The third-order valence-electron chi connectivity index (χ3n) is 9.26. The number of nitrogens with zero attached hydrogens (tertiary/aromatic N) is 6. The second-order valence-electron chi connectivity index (χ2n) is 14.9. The van der Waals surface area contributed by atoms with Crippen molar-refractivity contribution in [3.05, 3.63) is 95.1 Å². The molecule has 2 N–H and O–H groups in total. The van der Waals surface area contributed by atoms with Gasteiger partial charge in [-0.3, -0.25) is 0 Å². The Balaban J connectivity index is 0.000000188. The lowest BCUT2D eigenvalue weighted by atomic mass is 9.83. The van der Waals surface area contributed by atoms with Crippen LogP contribution in [0.3, 0.4) is 0 Å². The minimum absolute atomic E-state index is 0.0166. The maximum absolute atomic E-state index is 10.9. The van der Waals surface area contributed by atoms with E-state index >= 15 is 0 Å². The van der Waals surface area contributed by atoms with E-state index in [2.05, 4.69) is 102 Å². The van der Waals surface area contributed by atoms with Crippen molar-refractivity contribution in [2.75, 3.05) is 0 Å². The largest absolute Gasteiger partial charge is 0.505 e. The van der Waals surface area contributed by atoms with Crippen molar-refractivity contribution >= 4 is 22.1 Å². The molecule has 0 bridgehead atoms. The van der Waals surface area contributed by atoms with Crippen molar-refractivity contribution in [2.45, 2.75) is 105 Å². The van der Waals surface area contributed by atoms with Crippen molar-refractivity contribution in [1.82, 2.24) is 30.0 Å². The second-order valence-corrected chi connectivity index (χ2v) is 14.9. The highest BCUT2D eigenvalue weighted by Crippen LogP contribution is 2.39. The zero-order chi connectivity index (χ0) is 35.0. The number of fused-ring (bicyclic) bond motifs is 2. The summed E-state index contributed by atoms with van der Waals surface area (Å²) in [5.41, 5.74) is 8.82. The number of aromatic hydroxyl groups is 2. The number of hydrogen-bond acceptors (Lipinski definition) is 6. The van der Waals surface area contributed by atoms with Crippen LogP contribution in [-0.4, -0.2) is 40.2 Å². The molecule has 6 aromatic rings. The molecule has 48 heavy (non-hydrogen) atoms. The molecule has 0 spiro atoms. The van der Waals surface area contributed by atoms with Crippen molar-refractivity contribution in [3.63, 3.8) is 0 Å². The standard InChI is InChI=1S/2C20H25N3O/c2*1-6-13(2)15-11-14(20(3,4)5)12-18(19(15)24)23-21-16-9-7-8-10-17(16)22-23/h2*7-13,24H,6H2,1-5H3. The predicted molar refractivity (Wildman–Crippen MR) is 196 cm³/mol. The molecule has 8 heteroatoms. The first kappa shape index (κ1) is 34.6. The van der Waals surface area contributed by atoms with Gasteiger partial charge in [0.2, 0.25) is 0 Å². The molecule has 2 atom stereocenters.